The number of amides is 1. The van der Waals surface area contributed by atoms with Crippen LogP contribution in [-0.2, 0) is 4.79 Å². The molecule has 3 heteroatoms. The van der Waals surface area contributed by atoms with Crippen LogP contribution in [0.2, 0.25) is 0 Å². The Bertz CT molecular complexity index is 149. The monoisotopic (exact) mass is 126 g/mol. The van der Waals surface area contributed by atoms with E-state index in [-0.39, 0.29) is 5.91 Å². The highest BCUT2D eigenvalue weighted by Crippen LogP contribution is 1.76. The highest BCUT2D eigenvalue weighted by atomic mass is 16.2. The molecule has 1 amide bonds. The summed E-state index contributed by atoms with van der Waals surface area (Å²) in [4.78, 5) is 10.2. The van der Waals surface area contributed by atoms with Gasteiger partial charge in [-0.1, -0.05) is 6.58 Å². The van der Waals surface area contributed by atoms with Crippen LogP contribution < -0.4 is 5.43 Å². The summed E-state index contributed by atoms with van der Waals surface area (Å²) in [6, 6.07) is 0. The molecule has 0 heterocycles. The van der Waals surface area contributed by atoms with Gasteiger partial charge in [0.05, 0.1) is 0 Å². The molecule has 0 bridgehead atoms. The van der Waals surface area contributed by atoms with Crippen LogP contribution >= 0.6 is 0 Å². The fraction of sp³-hybridized carbons (Fsp3) is 0.333. The minimum atomic E-state index is -0.174. The third kappa shape index (κ3) is 6.88. The van der Waals surface area contributed by atoms with Gasteiger partial charge in [-0.3, -0.25) is 4.79 Å². The lowest BCUT2D eigenvalue weighted by Crippen LogP contribution is -2.11. The first-order valence-corrected chi connectivity index (χ1v) is 2.58. The molecule has 0 rings (SSSR count). The highest BCUT2D eigenvalue weighted by Gasteiger charge is 1.81. The molecule has 0 aliphatic carbocycles. The fourth-order valence-electron chi connectivity index (χ4n) is 0.233. The Morgan fingerprint density at radius 2 is 2.22 bits per heavy atom. The van der Waals surface area contributed by atoms with Crippen LogP contribution in [0.1, 0.15) is 13.8 Å². The average molecular weight is 126 g/mol. The van der Waals surface area contributed by atoms with Gasteiger partial charge in [-0.25, -0.2) is 5.43 Å². The molecule has 0 aromatic carbocycles. The number of carbonyl (C=O) groups excluding carboxylic acids is 1. The van der Waals surface area contributed by atoms with Crippen molar-refractivity contribution in [2.24, 2.45) is 5.10 Å². The van der Waals surface area contributed by atoms with Gasteiger partial charge in [0.1, 0.15) is 0 Å². The van der Waals surface area contributed by atoms with Crippen LogP contribution in [0.25, 0.3) is 0 Å². The van der Waals surface area contributed by atoms with Gasteiger partial charge in [0.2, 0.25) is 5.91 Å². The zero-order chi connectivity index (χ0) is 7.28. The van der Waals surface area contributed by atoms with E-state index in [1.54, 1.807) is 6.92 Å². The molecule has 0 aliphatic heterocycles. The Kier molecular flexibility index (Phi) is 3.35. The molecule has 0 atom stereocenters. The van der Waals surface area contributed by atoms with Gasteiger partial charge in [-0.2, -0.15) is 5.10 Å². The Morgan fingerprint density at radius 3 is 2.56 bits per heavy atom. The molecule has 0 spiro atoms. The number of hydrazone groups is 1. The van der Waals surface area contributed by atoms with Crippen LogP contribution in [-0.4, -0.2) is 12.1 Å². The smallest absolute Gasteiger partial charge is 0.236 e. The van der Waals surface area contributed by atoms with E-state index in [0.29, 0.717) is 0 Å². The van der Waals surface area contributed by atoms with E-state index >= 15 is 0 Å². The zero-order valence-electron chi connectivity index (χ0n) is 5.64. The summed E-state index contributed by atoms with van der Waals surface area (Å²) in [5.41, 5.74) is 3.06. The Hall–Kier alpha value is -1.12. The fourth-order valence-corrected chi connectivity index (χ4v) is 0.233. The topological polar surface area (TPSA) is 41.5 Å². The number of nitrogens with zero attached hydrogens (tertiary/aromatic N) is 1. The van der Waals surface area contributed by atoms with Crippen LogP contribution in [0, 0.1) is 0 Å². The number of nitrogens with one attached hydrogen (secondary N) is 1. The van der Waals surface area contributed by atoms with Crippen molar-refractivity contribution in [1.29, 1.82) is 0 Å². The lowest BCUT2D eigenvalue weighted by molar-refractivity contribution is -0.118. The lowest BCUT2D eigenvalue weighted by atomic mass is 10.4. The summed E-state index contributed by atoms with van der Waals surface area (Å²) in [5, 5.41) is 3.55. The normalized spacial score (nSPS) is 9.56. The van der Waals surface area contributed by atoms with Crippen molar-refractivity contribution in [3.8, 4) is 0 Å². The van der Waals surface area contributed by atoms with Crippen molar-refractivity contribution in [2.45, 2.75) is 13.8 Å². The van der Waals surface area contributed by atoms with Gasteiger partial charge in [-0.15, -0.1) is 0 Å². The van der Waals surface area contributed by atoms with Crippen LogP contribution in [0.5, 0.6) is 0 Å². The van der Waals surface area contributed by atoms with E-state index in [1.165, 1.54) is 13.1 Å². The maximum absolute atomic E-state index is 10.2. The summed E-state index contributed by atoms with van der Waals surface area (Å²) >= 11 is 0. The van der Waals surface area contributed by atoms with Gasteiger partial charge in [-0.05, 0) is 12.5 Å². The van der Waals surface area contributed by atoms with Crippen LogP contribution in [0.15, 0.2) is 17.3 Å². The van der Waals surface area contributed by atoms with E-state index in [4.69, 9.17) is 0 Å². The number of allylic oxidation sites excluding steroid dienone is 1. The van der Waals surface area contributed by atoms with Crippen LogP contribution in [0.4, 0.5) is 0 Å². The van der Waals surface area contributed by atoms with E-state index < -0.39 is 0 Å². The number of hydrogen-bond acceptors (Lipinski definition) is 2. The minimum absolute atomic E-state index is 0.174. The van der Waals surface area contributed by atoms with Crippen LogP contribution in [0.3, 0.4) is 0 Å². The molecule has 9 heavy (non-hydrogen) atoms. The molecular formula is C6H10N2O. The first-order chi connectivity index (χ1) is 4.13. The second-order valence-electron chi connectivity index (χ2n) is 1.77. The molecule has 0 saturated carbocycles. The standard InChI is InChI=1S/C6H10N2O/c1-5(2)4-7-8-6(3)9/h4H,1H2,2-3H3,(H,8,9)/b7-4+. The lowest BCUT2D eigenvalue weighted by Gasteiger charge is -1.88. The van der Waals surface area contributed by atoms with Gasteiger partial charge in [0.25, 0.3) is 0 Å². The largest absolute Gasteiger partial charge is 0.274 e. The maximum atomic E-state index is 10.2. The first kappa shape index (κ1) is 7.88. The molecule has 0 unspecified atom stereocenters. The molecule has 0 aliphatic rings. The second-order valence-corrected chi connectivity index (χ2v) is 1.77. The highest BCUT2D eigenvalue weighted by molar-refractivity contribution is 5.79. The van der Waals surface area contributed by atoms with Crippen molar-refractivity contribution in [1.82, 2.24) is 5.43 Å². The predicted octanol–water partition coefficient (Wildman–Crippen LogP) is 0.684. The van der Waals surface area contributed by atoms with E-state index in [2.05, 4.69) is 17.1 Å². The van der Waals surface area contributed by atoms with Crippen molar-refractivity contribution >= 4 is 12.1 Å². The number of hydrogen-bond donors (Lipinski definition) is 1. The molecule has 3 nitrogen and oxygen atoms in total. The summed E-state index contributed by atoms with van der Waals surface area (Å²) in [6.45, 7) is 6.75. The SMILES string of the molecule is C=C(C)/C=N/NC(C)=O. The van der Waals surface area contributed by atoms with Gasteiger partial charge < -0.3 is 0 Å². The Labute approximate surface area is 54.5 Å². The van der Waals surface area contributed by atoms with Crippen molar-refractivity contribution < 1.29 is 4.79 Å². The number of carbonyl (C=O) groups is 1. The molecule has 50 valence electrons. The summed E-state index contributed by atoms with van der Waals surface area (Å²) < 4.78 is 0. The summed E-state index contributed by atoms with van der Waals surface area (Å²) in [7, 11) is 0. The third-order valence-electron chi connectivity index (χ3n) is 0.507. The summed E-state index contributed by atoms with van der Waals surface area (Å²) in [5.74, 6) is -0.174. The van der Waals surface area contributed by atoms with Gasteiger partial charge >= 0.3 is 0 Å². The molecule has 0 saturated heterocycles. The Balaban J connectivity index is 3.48. The first-order valence-electron chi connectivity index (χ1n) is 2.58. The molecule has 1 N–H and O–H groups in total. The quantitative estimate of drug-likeness (QED) is 0.429. The van der Waals surface area contributed by atoms with E-state index in [0.717, 1.165) is 5.57 Å². The summed E-state index contributed by atoms with van der Waals surface area (Å²) in [6.07, 6.45) is 1.49. The predicted molar refractivity (Wildman–Crippen MR) is 37.1 cm³/mol. The van der Waals surface area contributed by atoms with Gasteiger partial charge in [0, 0.05) is 13.1 Å². The molecule has 0 fully saturated rings. The average Bonchev–Trinajstić information content (AvgIpc) is 1.63. The molecule has 0 aromatic rings. The van der Waals surface area contributed by atoms with E-state index in [9.17, 15) is 4.79 Å². The van der Waals surface area contributed by atoms with Crippen molar-refractivity contribution in [3.05, 3.63) is 12.2 Å². The molecule has 0 radical (unpaired) electrons. The zero-order valence-corrected chi connectivity index (χ0v) is 5.64. The van der Waals surface area contributed by atoms with E-state index in [1.807, 2.05) is 0 Å². The Morgan fingerprint density at radius 1 is 1.67 bits per heavy atom. The second kappa shape index (κ2) is 3.83. The molecular weight excluding hydrogens is 116 g/mol. The molecule has 0 aromatic heterocycles. The van der Waals surface area contributed by atoms with Gasteiger partial charge in [0.15, 0.2) is 0 Å². The minimum Gasteiger partial charge on any atom is -0.274 e. The number of rotatable bonds is 2. The van der Waals surface area contributed by atoms with Crippen molar-refractivity contribution in [3.63, 3.8) is 0 Å². The van der Waals surface area contributed by atoms with Crippen molar-refractivity contribution in [2.75, 3.05) is 0 Å². The maximum Gasteiger partial charge on any atom is 0.236 e. The third-order valence-corrected chi connectivity index (χ3v) is 0.507.